The topological polar surface area (TPSA) is 82.5 Å². The van der Waals surface area contributed by atoms with Gasteiger partial charge < -0.3 is 14.8 Å². The quantitative estimate of drug-likeness (QED) is 0.821. The van der Waals surface area contributed by atoms with Crippen molar-refractivity contribution in [2.45, 2.75) is 51.8 Å². The van der Waals surface area contributed by atoms with Gasteiger partial charge in [0.15, 0.2) is 0 Å². The van der Waals surface area contributed by atoms with Gasteiger partial charge in [0.2, 0.25) is 5.91 Å². The first-order valence-electron chi connectivity index (χ1n) is 8.57. The fourth-order valence-corrected chi connectivity index (χ4v) is 2.77. The van der Waals surface area contributed by atoms with Crippen molar-refractivity contribution in [2.75, 3.05) is 19.8 Å². The van der Waals surface area contributed by atoms with E-state index in [0.29, 0.717) is 19.1 Å². The Labute approximate surface area is 141 Å². The van der Waals surface area contributed by atoms with Gasteiger partial charge >= 0.3 is 0 Å². The van der Waals surface area contributed by atoms with Crippen LogP contribution in [0.25, 0.3) is 0 Å². The van der Waals surface area contributed by atoms with Gasteiger partial charge in [-0.05, 0) is 44.6 Å². The molecule has 1 aliphatic carbocycles. The number of amides is 1. The number of ether oxygens (including phenoxy) is 2. The molecule has 1 saturated carbocycles. The Bertz CT molecular complexity index is 654. The van der Waals surface area contributed by atoms with Crippen molar-refractivity contribution in [3.05, 3.63) is 27.7 Å². The van der Waals surface area contributed by atoms with Crippen LogP contribution in [0, 0.1) is 19.8 Å². The van der Waals surface area contributed by atoms with Crippen molar-refractivity contribution < 1.29 is 14.3 Å². The first kappa shape index (κ1) is 17.1. The van der Waals surface area contributed by atoms with Crippen LogP contribution in [-0.2, 0) is 20.8 Å². The monoisotopic (exact) mass is 335 g/mol. The SMILES string of the molecule is Cc1cc(=O)n(CC(=O)N[C@@H]2COCC[C@@H]2OCC2CC2)nc1C. The lowest BCUT2D eigenvalue weighted by Gasteiger charge is -2.32. The van der Waals surface area contributed by atoms with Gasteiger partial charge in [0.05, 0.1) is 24.4 Å². The number of hydrogen-bond acceptors (Lipinski definition) is 5. The second-order valence-corrected chi connectivity index (χ2v) is 6.76. The van der Waals surface area contributed by atoms with Crippen molar-refractivity contribution in [2.24, 2.45) is 5.92 Å². The van der Waals surface area contributed by atoms with Crippen LogP contribution in [0.3, 0.4) is 0 Å². The molecule has 2 fully saturated rings. The Morgan fingerprint density at radius 2 is 2.21 bits per heavy atom. The Morgan fingerprint density at radius 1 is 1.42 bits per heavy atom. The summed E-state index contributed by atoms with van der Waals surface area (Å²) in [5, 5.41) is 7.11. The van der Waals surface area contributed by atoms with Crippen LogP contribution < -0.4 is 10.9 Å². The third kappa shape index (κ3) is 4.42. The molecule has 7 heteroatoms. The molecule has 1 N–H and O–H groups in total. The van der Waals surface area contributed by atoms with Gasteiger partial charge in [-0.1, -0.05) is 0 Å². The molecule has 1 aliphatic heterocycles. The third-order valence-corrected chi connectivity index (χ3v) is 4.61. The lowest BCUT2D eigenvalue weighted by molar-refractivity contribution is -0.127. The Kier molecular flexibility index (Phi) is 5.30. The van der Waals surface area contributed by atoms with Crippen LogP contribution >= 0.6 is 0 Å². The highest BCUT2D eigenvalue weighted by molar-refractivity contribution is 5.76. The Balaban J connectivity index is 1.58. The summed E-state index contributed by atoms with van der Waals surface area (Å²) in [6.45, 7) is 5.41. The summed E-state index contributed by atoms with van der Waals surface area (Å²) in [5.74, 6) is 0.436. The molecule has 0 bridgehead atoms. The van der Waals surface area contributed by atoms with E-state index in [1.165, 1.54) is 23.6 Å². The smallest absolute Gasteiger partial charge is 0.267 e. The summed E-state index contributed by atoms with van der Waals surface area (Å²) in [4.78, 5) is 24.2. The molecule has 1 amide bonds. The van der Waals surface area contributed by atoms with E-state index in [1.54, 1.807) is 0 Å². The molecule has 7 nitrogen and oxygen atoms in total. The summed E-state index contributed by atoms with van der Waals surface area (Å²) in [7, 11) is 0. The van der Waals surface area contributed by atoms with E-state index in [-0.39, 0.29) is 30.2 Å². The third-order valence-electron chi connectivity index (χ3n) is 4.61. The predicted octanol–water partition coefficient (Wildman–Crippen LogP) is 0.560. The van der Waals surface area contributed by atoms with Gasteiger partial charge in [0.1, 0.15) is 6.54 Å². The summed E-state index contributed by atoms with van der Waals surface area (Å²) >= 11 is 0. The fraction of sp³-hybridized carbons (Fsp3) is 0.706. The molecule has 2 aliphatic rings. The lowest BCUT2D eigenvalue weighted by Crippen LogP contribution is -2.52. The number of hydrogen-bond donors (Lipinski definition) is 1. The molecule has 0 unspecified atom stereocenters. The average Bonchev–Trinajstić information content (AvgIpc) is 3.36. The standard InChI is InChI=1S/C17H25N3O4/c1-11-7-17(22)20(19-12(11)2)8-16(21)18-14-10-23-6-5-15(14)24-9-13-3-4-13/h7,13-15H,3-6,8-10H2,1-2H3,(H,18,21)/t14-,15+/m1/s1. The molecule has 24 heavy (non-hydrogen) atoms. The van der Waals surface area contributed by atoms with Gasteiger partial charge in [-0.2, -0.15) is 5.10 Å². The van der Waals surface area contributed by atoms with Gasteiger partial charge in [-0.25, -0.2) is 4.68 Å². The van der Waals surface area contributed by atoms with Crippen LogP contribution in [0.2, 0.25) is 0 Å². The molecule has 2 heterocycles. The number of nitrogens with zero attached hydrogens (tertiary/aromatic N) is 2. The molecule has 2 atom stereocenters. The van der Waals surface area contributed by atoms with E-state index in [1.807, 2.05) is 13.8 Å². The zero-order valence-electron chi connectivity index (χ0n) is 14.3. The van der Waals surface area contributed by atoms with Gasteiger partial charge in [0, 0.05) is 19.3 Å². The van der Waals surface area contributed by atoms with E-state index < -0.39 is 0 Å². The minimum atomic E-state index is -0.269. The molecule has 0 radical (unpaired) electrons. The molecular weight excluding hydrogens is 310 g/mol. The zero-order chi connectivity index (χ0) is 17.1. The highest BCUT2D eigenvalue weighted by Gasteiger charge is 2.30. The highest BCUT2D eigenvalue weighted by atomic mass is 16.5. The molecule has 132 valence electrons. The van der Waals surface area contributed by atoms with E-state index >= 15 is 0 Å². The van der Waals surface area contributed by atoms with Crippen LogP contribution in [0.5, 0.6) is 0 Å². The highest BCUT2D eigenvalue weighted by Crippen LogP contribution is 2.30. The number of aryl methyl sites for hydroxylation is 2. The molecular formula is C17H25N3O4. The molecule has 1 saturated heterocycles. The average molecular weight is 335 g/mol. The number of rotatable bonds is 6. The molecule has 0 spiro atoms. The van der Waals surface area contributed by atoms with Crippen LogP contribution in [-0.4, -0.2) is 47.7 Å². The predicted molar refractivity (Wildman–Crippen MR) is 87.8 cm³/mol. The van der Waals surface area contributed by atoms with Crippen molar-refractivity contribution >= 4 is 5.91 Å². The maximum Gasteiger partial charge on any atom is 0.267 e. The normalized spacial score (nSPS) is 23.9. The summed E-state index contributed by atoms with van der Waals surface area (Å²) in [5.41, 5.74) is 1.30. The fourth-order valence-electron chi connectivity index (χ4n) is 2.77. The van der Waals surface area contributed by atoms with Crippen molar-refractivity contribution in [1.29, 1.82) is 0 Å². The second-order valence-electron chi connectivity index (χ2n) is 6.76. The zero-order valence-corrected chi connectivity index (χ0v) is 14.3. The summed E-state index contributed by atoms with van der Waals surface area (Å²) in [6.07, 6.45) is 3.23. The van der Waals surface area contributed by atoms with Crippen LogP contribution in [0.4, 0.5) is 0 Å². The number of carbonyl (C=O) groups excluding carboxylic acids is 1. The first-order chi connectivity index (χ1) is 11.5. The van der Waals surface area contributed by atoms with E-state index in [0.717, 1.165) is 24.3 Å². The van der Waals surface area contributed by atoms with E-state index in [4.69, 9.17) is 9.47 Å². The molecule has 0 aromatic carbocycles. The Morgan fingerprint density at radius 3 is 2.96 bits per heavy atom. The lowest BCUT2D eigenvalue weighted by atomic mass is 10.1. The largest absolute Gasteiger partial charge is 0.379 e. The van der Waals surface area contributed by atoms with Gasteiger partial charge in [-0.15, -0.1) is 0 Å². The van der Waals surface area contributed by atoms with Crippen molar-refractivity contribution in [1.82, 2.24) is 15.1 Å². The van der Waals surface area contributed by atoms with E-state index in [9.17, 15) is 9.59 Å². The maximum absolute atomic E-state index is 12.3. The van der Waals surface area contributed by atoms with E-state index in [2.05, 4.69) is 10.4 Å². The van der Waals surface area contributed by atoms with Crippen LogP contribution in [0.15, 0.2) is 10.9 Å². The minimum Gasteiger partial charge on any atom is -0.379 e. The summed E-state index contributed by atoms with van der Waals surface area (Å²) in [6, 6.07) is 1.33. The minimum absolute atomic E-state index is 0.0206. The molecule has 1 aromatic heterocycles. The van der Waals surface area contributed by atoms with Crippen LogP contribution in [0.1, 0.15) is 30.5 Å². The van der Waals surface area contributed by atoms with Gasteiger partial charge in [0.25, 0.3) is 5.56 Å². The molecule has 3 rings (SSSR count). The molecule has 1 aromatic rings. The number of aromatic nitrogens is 2. The number of nitrogens with one attached hydrogen (secondary N) is 1. The number of carbonyl (C=O) groups is 1. The van der Waals surface area contributed by atoms with Crippen molar-refractivity contribution in [3.8, 4) is 0 Å². The summed E-state index contributed by atoms with van der Waals surface area (Å²) < 4.78 is 12.6. The second kappa shape index (κ2) is 7.44. The Hall–Kier alpha value is -1.73. The van der Waals surface area contributed by atoms with Crippen molar-refractivity contribution in [3.63, 3.8) is 0 Å². The maximum atomic E-state index is 12.3. The van der Waals surface area contributed by atoms with Gasteiger partial charge in [-0.3, -0.25) is 9.59 Å². The first-order valence-corrected chi connectivity index (χ1v) is 8.57.